The molecular weight excluding hydrogens is 217 g/mol. The van der Waals surface area contributed by atoms with E-state index in [1.807, 2.05) is 0 Å². The Kier molecular flexibility index (Phi) is 4.82. The number of benzene rings is 1. The summed E-state index contributed by atoms with van der Waals surface area (Å²) >= 11 is 0. The van der Waals surface area contributed by atoms with E-state index in [-0.39, 0.29) is 17.0 Å². The van der Waals surface area contributed by atoms with Crippen molar-refractivity contribution in [3.63, 3.8) is 0 Å². The number of carbonyl (C=O) groups excluding carboxylic acids is 1. The van der Waals surface area contributed by atoms with Gasteiger partial charge >= 0.3 is 0 Å². The number of halogens is 1. The lowest BCUT2D eigenvalue weighted by Crippen LogP contribution is -2.18. The summed E-state index contributed by atoms with van der Waals surface area (Å²) in [4.78, 5) is 11.8. The van der Waals surface area contributed by atoms with Gasteiger partial charge in [0.15, 0.2) is 5.78 Å². The van der Waals surface area contributed by atoms with Gasteiger partial charge in [-0.2, -0.15) is 0 Å². The van der Waals surface area contributed by atoms with E-state index in [0.29, 0.717) is 18.5 Å². The molecule has 0 aliphatic carbocycles. The van der Waals surface area contributed by atoms with Gasteiger partial charge in [-0.1, -0.05) is 26.0 Å². The van der Waals surface area contributed by atoms with Crippen LogP contribution in [-0.2, 0) is 0 Å². The molecule has 1 rings (SSSR count). The average molecular weight is 237 g/mol. The predicted octanol–water partition coefficient (Wildman–Crippen LogP) is 3.16. The highest BCUT2D eigenvalue weighted by Gasteiger charge is 2.18. The molecule has 0 radical (unpaired) electrons. The third-order valence-corrected chi connectivity index (χ3v) is 3.00. The zero-order valence-corrected chi connectivity index (χ0v) is 10.5. The average Bonchev–Trinajstić information content (AvgIpc) is 2.26. The van der Waals surface area contributed by atoms with Gasteiger partial charge in [0.25, 0.3) is 0 Å². The molecule has 2 nitrogen and oxygen atoms in total. The molecule has 3 heteroatoms. The SMILES string of the molecule is CC(C)(CCN)CCC(=O)c1cccc(F)c1. The fraction of sp³-hybridized carbons (Fsp3) is 0.500. The number of hydrogen-bond donors (Lipinski definition) is 1. The summed E-state index contributed by atoms with van der Waals surface area (Å²) < 4.78 is 13.0. The number of nitrogens with two attached hydrogens (primary N) is 1. The summed E-state index contributed by atoms with van der Waals surface area (Å²) in [5, 5.41) is 0. The van der Waals surface area contributed by atoms with E-state index >= 15 is 0 Å². The van der Waals surface area contributed by atoms with Crippen molar-refractivity contribution in [1.82, 2.24) is 0 Å². The smallest absolute Gasteiger partial charge is 0.162 e. The molecule has 0 amide bonds. The molecule has 1 aromatic carbocycles. The minimum atomic E-state index is -0.364. The van der Waals surface area contributed by atoms with Crippen LogP contribution >= 0.6 is 0 Å². The van der Waals surface area contributed by atoms with Crippen LogP contribution in [0.5, 0.6) is 0 Å². The fourth-order valence-corrected chi connectivity index (χ4v) is 1.77. The normalized spacial score (nSPS) is 11.5. The highest BCUT2D eigenvalue weighted by atomic mass is 19.1. The third kappa shape index (κ3) is 4.65. The van der Waals surface area contributed by atoms with Crippen molar-refractivity contribution in [3.8, 4) is 0 Å². The Morgan fingerprint density at radius 2 is 2.06 bits per heavy atom. The Labute approximate surface area is 102 Å². The van der Waals surface area contributed by atoms with Crippen molar-refractivity contribution in [2.45, 2.75) is 33.1 Å². The summed E-state index contributed by atoms with van der Waals surface area (Å²) in [6, 6.07) is 5.85. The predicted molar refractivity (Wildman–Crippen MR) is 67.4 cm³/mol. The van der Waals surface area contributed by atoms with Crippen molar-refractivity contribution < 1.29 is 9.18 Å². The molecule has 0 atom stereocenters. The van der Waals surface area contributed by atoms with Crippen LogP contribution < -0.4 is 5.73 Å². The van der Waals surface area contributed by atoms with E-state index in [9.17, 15) is 9.18 Å². The van der Waals surface area contributed by atoms with Crippen LogP contribution in [0.1, 0.15) is 43.5 Å². The van der Waals surface area contributed by atoms with Crippen molar-refractivity contribution in [2.75, 3.05) is 6.54 Å². The monoisotopic (exact) mass is 237 g/mol. The first-order valence-corrected chi connectivity index (χ1v) is 5.93. The highest BCUT2D eigenvalue weighted by molar-refractivity contribution is 5.96. The van der Waals surface area contributed by atoms with Crippen LogP contribution in [0.4, 0.5) is 4.39 Å². The minimum Gasteiger partial charge on any atom is -0.330 e. The zero-order valence-electron chi connectivity index (χ0n) is 10.5. The van der Waals surface area contributed by atoms with Gasteiger partial charge in [-0.3, -0.25) is 4.79 Å². The number of ketones is 1. The second-order valence-corrected chi connectivity index (χ2v) is 5.14. The number of rotatable bonds is 6. The lowest BCUT2D eigenvalue weighted by Gasteiger charge is -2.23. The molecule has 94 valence electrons. The maximum Gasteiger partial charge on any atom is 0.162 e. The highest BCUT2D eigenvalue weighted by Crippen LogP contribution is 2.26. The Morgan fingerprint density at radius 3 is 2.65 bits per heavy atom. The molecule has 0 unspecified atom stereocenters. The van der Waals surface area contributed by atoms with E-state index in [1.165, 1.54) is 12.1 Å². The Balaban J connectivity index is 2.56. The second kappa shape index (κ2) is 5.92. The molecule has 0 bridgehead atoms. The standard InChI is InChI=1S/C14H20FNO/c1-14(2,8-9-16)7-6-13(17)11-4-3-5-12(15)10-11/h3-5,10H,6-9,16H2,1-2H3. The zero-order chi connectivity index (χ0) is 12.9. The summed E-state index contributed by atoms with van der Waals surface area (Å²) in [7, 11) is 0. The molecule has 0 aliphatic rings. The van der Waals surface area contributed by atoms with Crippen molar-refractivity contribution in [2.24, 2.45) is 11.1 Å². The van der Waals surface area contributed by atoms with Gasteiger partial charge in [-0.15, -0.1) is 0 Å². The van der Waals surface area contributed by atoms with Gasteiger partial charge in [-0.05, 0) is 36.9 Å². The van der Waals surface area contributed by atoms with E-state index < -0.39 is 0 Å². The van der Waals surface area contributed by atoms with Crippen LogP contribution in [0, 0.1) is 11.2 Å². The van der Waals surface area contributed by atoms with Crippen LogP contribution in [0.25, 0.3) is 0 Å². The Morgan fingerprint density at radius 1 is 1.35 bits per heavy atom. The number of carbonyl (C=O) groups is 1. The van der Waals surface area contributed by atoms with Crippen molar-refractivity contribution in [1.29, 1.82) is 0 Å². The van der Waals surface area contributed by atoms with Crippen LogP contribution in [0.3, 0.4) is 0 Å². The van der Waals surface area contributed by atoms with Gasteiger partial charge in [0, 0.05) is 12.0 Å². The summed E-state index contributed by atoms with van der Waals surface area (Å²) in [5.41, 5.74) is 6.04. The van der Waals surface area contributed by atoms with E-state index in [0.717, 1.165) is 12.8 Å². The quantitative estimate of drug-likeness (QED) is 0.772. The molecule has 0 aromatic heterocycles. The minimum absolute atomic E-state index is 0.00500. The number of hydrogen-bond acceptors (Lipinski definition) is 2. The van der Waals surface area contributed by atoms with Crippen LogP contribution in [0.15, 0.2) is 24.3 Å². The molecule has 0 aliphatic heterocycles. The lowest BCUT2D eigenvalue weighted by atomic mass is 9.83. The van der Waals surface area contributed by atoms with Gasteiger partial charge in [0.1, 0.15) is 5.82 Å². The van der Waals surface area contributed by atoms with Crippen LogP contribution in [-0.4, -0.2) is 12.3 Å². The maximum absolute atomic E-state index is 13.0. The summed E-state index contributed by atoms with van der Waals surface area (Å²) in [6.45, 7) is 4.82. The summed E-state index contributed by atoms with van der Waals surface area (Å²) in [6.07, 6.45) is 2.11. The van der Waals surface area contributed by atoms with Crippen molar-refractivity contribution in [3.05, 3.63) is 35.6 Å². The summed E-state index contributed by atoms with van der Waals surface area (Å²) in [5.74, 6) is -0.369. The molecular formula is C14H20FNO. The second-order valence-electron chi connectivity index (χ2n) is 5.14. The van der Waals surface area contributed by atoms with E-state index in [2.05, 4.69) is 13.8 Å². The van der Waals surface area contributed by atoms with Gasteiger partial charge in [0.05, 0.1) is 0 Å². The van der Waals surface area contributed by atoms with Gasteiger partial charge in [0.2, 0.25) is 0 Å². The Hall–Kier alpha value is -1.22. The van der Waals surface area contributed by atoms with Gasteiger partial charge in [-0.25, -0.2) is 4.39 Å². The van der Waals surface area contributed by atoms with Gasteiger partial charge < -0.3 is 5.73 Å². The first-order valence-electron chi connectivity index (χ1n) is 5.93. The van der Waals surface area contributed by atoms with Crippen molar-refractivity contribution >= 4 is 5.78 Å². The first-order chi connectivity index (χ1) is 7.94. The molecule has 17 heavy (non-hydrogen) atoms. The molecule has 0 spiro atoms. The largest absolute Gasteiger partial charge is 0.330 e. The third-order valence-electron chi connectivity index (χ3n) is 3.00. The molecule has 0 saturated heterocycles. The molecule has 0 fully saturated rings. The fourth-order valence-electron chi connectivity index (χ4n) is 1.77. The molecule has 2 N–H and O–H groups in total. The van der Waals surface area contributed by atoms with E-state index in [4.69, 9.17) is 5.73 Å². The topological polar surface area (TPSA) is 43.1 Å². The first kappa shape index (κ1) is 13.8. The lowest BCUT2D eigenvalue weighted by molar-refractivity contribution is 0.0961. The molecule has 0 saturated carbocycles. The van der Waals surface area contributed by atoms with E-state index in [1.54, 1.807) is 12.1 Å². The number of Topliss-reactive ketones (excluding diaryl/α,β-unsaturated/α-hetero) is 1. The molecule has 1 aromatic rings. The maximum atomic E-state index is 13.0. The van der Waals surface area contributed by atoms with Crippen LogP contribution in [0.2, 0.25) is 0 Å². The Bertz CT molecular complexity index is 388. The molecule has 0 heterocycles.